The lowest BCUT2D eigenvalue weighted by Crippen LogP contribution is -2.56. The second kappa shape index (κ2) is 8.27. The summed E-state index contributed by atoms with van der Waals surface area (Å²) in [6.45, 7) is 0. The Morgan fingerprint density at radius 1 is 0.324 bits per heavy atom. The summed E-state index contributed by atoms with van der Waals surface area (Å²) in [5.74, 6) is -9.39. The van der Waals surface area contributed by atoms with Gasteiger partial charge in [0.05, 0.1) is 0 Å². The van der Waals surface area contributed by atoms with Crippen LogP contribution < -0.4 is 0 Å². The number of rotatable bonds is 3. The van der Waals surface area contributed by atoms with E-state index in [0.29, 0.717) is 0 Å². The van der Waals surface area contributed by atoms with Gasteiger partial charge in [0, 0.05) is 0 Å². The molecule has 0 unspecified atom stereocenters. The number of aromatic nitrogens is 2. The van der Waals surface area contributed by atoms with E-state index in [1.807, 2.05) is 0 Å². The van der Waals surface area contributed by atoms with Crippen LogP contribution in [-0.4, -0.2) is 47.0 Å². The summed E-state index contributed by atoms with van der Waals surface area (Å²) in [6, 6.07) is 0. The molecule has 0 aromatic carbocycles. The van der Waals surface area contributed by atoms with E-state index in [2.05, 4.69) is 0 Å². The van der Waals surface area contributed by atoms with Crippen LogP contribution in [0.15, 0.2) is 0 Å². The Bertz CT molecular complexity index is 899. The topological polar surface area (TPSA) is 25.8 Å². The Balaban J connectivity index is 4.70. The van der Waals surface area contributed by atoms with Gasteiger partial charge in [-0.3, -0.25) is 0 Å². The van der Waals surface area contributed by atoms with Gasteiger partial charge in [0.15, 0.2) is 11.6 Å². The van der Waals surface area contributed by atoms with Crippen LogP contribution in [0.1, 0.15) is 17.2 Å². The summed E-state index contributed by atoms with van der Waals surface area (Å²) >= 11 is 0. The quantitative estimate of drug-likeness (QED) is 0.336. The molecule has 0 aliphatic rings. The van der Waals surface area contributed by atoms with Gasteiger partial charge >= 0.3 is 54.1 Å². The Labute approximate surface area is 185 Å². The highest BCUT2D eigenvalue weighted by molar-refractivity contribution is 5.32. The predicted molar refractivity (Wildman–Crippen MR) is 66.7 cm³/mol. The minimum atomic E-state index is -7.90. The molecule has 1 rings (SSSR count). The number of halogens is 22. The highest BCUT2D eigenvalue weighted by Crippen LogP contribution is 2.59. The van der Waals surface area contributed by atoms with Crippen molar-refractivity contribution in [1.82, 2.24) is 9.97 Å². The van der Waals surface area contributed by atoms with Gasteiger partial charge in [-0.2, -0.15) is 79.0 Å². The normalized spacial score (nSPS) is 15.8. The molecule has 0 atom stereocenters. The number of hydrogen-bond acceptors (Lipinski definition) is 2. The van der Waals surface area contributed by atoms with E-state index >= 15 is 0 Å². The van der Waals surface area contributed by atoms with Crippen LogP contribution >= 0.6 is 0 Å². The van der Waals surface area contributed by atoms with Gasteiger partial charge in [-0.25, -0.2) is 27.5 Å². The third-order valence-electron chi connectivity index (χ3n) is 4.16. The van der Waals surface area contributed by atoms with Crippen molar-refractivity contribution < 1.29 is 96.6 Å². The van der Waals surface area contributed by atoms with E-state index in [1.54, 1.807) is 0 Å². The lowest BCUT2D eigenvalue weighted by molar-refractivity contribution is -0.357. The Hall–Kier alpha value is -2.46. The molecule has 1 aromatic heterocycles. The molecule has 0 fully saturated rings. The van der Waals surface area contributed by atoms with Crippen molar-refractivity contribution in [2.75, 3.05) is 0 Å². The van der Waals surface area contributed by atoms with E-state index in [4.69, 9.17) is 0 Å². The van der Waals surface area contributed by atoms with Gasteiger partial charge in [-0.1, -0.05) is 0 Å². The van der Waals surface area contributed by atoms with Gasteiger partial charge < -0.3 is 0 Å². The fraction of sp³-hybridized carbons (Fsp3) is 0.692. The Kier molecular flexibility index (Phi) is 7.28. The average Bonchev–Trinajstić information content (AvgIpc) is 2.60. The van der Waals surface area contributed by atoms with Crippen LogP contribution in [0, 0.1) is 5.82 Å². The minimum absolute atomic E-state index is 0.803. The molecule has 0 aliphatic carbocycles. The first kappa shape index (κ1) is 32.6. The molecule has 24 heteroatoms. The smallest absolute Gasteiger partial charge is 0.227 e. The second-order valence-corrected chi connectivity index (χ2v) is 6.52. The summed E-state index contributed by atoms with van der Waals surface area (Å²) in [6.07, 6.45) is -47.2. The number of nitrogens with zero attached hydrogens (tertiary/aromatic N) is 2. The summed E-state index contributed by atoms with van der Waals surface area (Å²) < 4.78 is 288. The third-order valence-corrected chi connectivity index (χ3v) is 4.16. The van der Waals surface area contributed by atoms with Crippen molar-refractivity contribution in [2.24, 2.45) is 0 Å². The van der Waals surface area contributed by atoms with Gasteiger partial charge in [-0.15, -0.1) is 0 Å². The molecular formula is C13F22N2. The Morgan fingerprint density at radius 3 is 0.676 bits per heavy atom. The van der Waals surface area contributed by atoms with Crippen LogP contribution in [0.4, 0.5) is 96.6 Å². The second-order valence-electron chi connectivity index (χ2n) is 6.52. The molecule has 0 aliphatic heterocycles. The molecule has 216 valence electrons. The van der Waals surface area contributed by atoms with Crippen LogP contribution in [0.2, 0.25) is 0 Å². The van der Waals surface area contributed by atoms with E-state index in [0.717, 1.165) is 9.97 Å². The van der Waals surface area contributed by atoms with E-state index in [-0.39, 0.29) is 0 Å². The summed E-state index contributed by atoms with van der Waals surface area (Å²) in [7, 11) is 0. The molecule has 0 bridgehead atoms. The molecule has 0 amide bonds. The van der Waals surface area contributed by atoms with E-state index < -0.39 is 77.1 Å². The predicted octanol–water partition coefficient (Wildman–Crippen LogP) is 7.48. The monoisotopic (exact) mass is 602 g/mol. The number of hydrogen-bond donors (Lipinski definition) is 0. The number of alkyl halides is 21. The largest absolute Gasteiger partial charge is 0.439 e. The van der Waals surface area contributed by atoms with Crippen LogP contribution in [0.5, 0.6) is 0 Å². The first-order valence-electron chi connectivity index (χ1n) is 7.80. The third kappa shape index (κ3) is 4.56. The molecule has 0 saturated carbocycles. The van der Waals surface area contributed by atoms with Crippen molar-refractivity contribution in [2.45, 2.75) is 54.1 Å². The molecular weight excluding hydrogens is 602 g/mol. The first-order valence-corrected chi connectivity index (χ1v) is 7.80. The molecule has 0 radical (unpaired) electrons. The maximum Gasteiger partial charge on any atom is 0.439 e. The van der Waals surface area contributed by atoms with Crippen LogP contribution in [0.3, 0.4) is 0 Å². The summed E-state index contributed by atoms with van der Waals surface area (Å²) in [5.41, 5.74) is -33.1. The maximum absolute atomic E-state index is 14.3. The lowest BCUT2D eigenvalue weighted by Gasteiger charge is -2.35. The zero-order valence-electron chi connectivity index (χ0n) is 15.7. The summed E-state index contributed by atoms with van der Waals surface area (Å²) in [5, 5.41) is 0. The fourth-order valence-corrected chi connectivity index (χ4v) is 2.33. The van der Waals surface area contributed by atoms with Crippen molar-refractivity contribution in [3.63, 3.8) is 0 Å². The SMILES string of the molecule is Fc1c(C(F)(C(F)(F)F)C(F)(F)F)nc(C(F)(C(F)(F)F)C(F)(F)F)nc1C(F)(C(F)(F)F)C(F)(F)F. The van der Waals surface area contributed by atoms with Gasteiger partial charge in [0.1, 0.15) is 11.4 Å². The average molecular weight is 602 g/mol. The van der Waals surface area contributed by atoms with Crippen molar-refractivity contribution in [1.29, 1.82) is 0 Å². The first-order chi connectivity index (χ1) is 15.7. The van der Waals surface area contributed by atoms with Crippen LogP contribution in [0.25, 0.3) is 0 Å². The van der Waals surface area contributed by atoms with Crippen molar-refractivity contribution >= 4 is 0 Å². The molecule has 37 heavy (non-hydrogen) atoms. The van der Waals surface area contributed by atoms with Gasteiger partial charge in [0.2, 0.25) is 0 Å². The molecule has 1 aromatic rings. The minimum Gasteiger partial charge on any atom is -0.227 e. The Morgan fingerprint density at radius 2 is 0.514 bits per heavy atom. The molecule has 0 saturated heterocycles. The van der Waals surface area contributed by atoms with Crippen molar-refractivity contribution in [3.8, 4) is 0 Å². The van der Waals surface area contributed by atoms with E-state index in [9.17, 15) is 96.6 Å². The van der Waals surface area contributed by atoms with Gasteiger partial charge in [-0.05, 0) is 0 Å². The molecule has 0 N–H and O–H groups in total. The zero-order valence-corrected chi connectivity index (χ0v) is 15.7. The van der Waals surface area contributed by atoms with Crippen LogP contribution in [-0.2, 0) is 17.0 Å². The fourth-order valence-electron chi connectivity index (χ4n) is 2.33. The summed E-state index contributed by atoms with van der Waals surface area (Å²) in [4.78, 5) is 1.61. The zero-order chi connectivity index (χ0) is 30.2. The highest BCUT2D eigenvalue weighted by atomic mass is 19.4. The maximum atomic E-state index is 14.3. The standard InChI is InChI=1S/C13F22N2/c14-1-2(5(15,8(18,19)20)9(21,22)23)36-4(7(17,12(30,31)32)13(33,34)35)37-3(1)6(16,10(24,25)26)11(27,28)29. The molecule has 1 heterocycles. The van der Waals surface area contributed by atoms with Gasteiger partial charge in [0.25, 0.3) is 0 Å². The molecule has 2 nitrogen and oxygen atoms in total. The lowest BCUT2D eigenvalue weighted by atomic mass is 9.92. The van der Waals surface area contributed by atoms with E-state index in [1.165, 1.54) is 0 Å². The highest BCUT2D eigenvalue weighted by Gasteiger charge is 2.81. The molecule has 0 spiro atoms. The van der Waals surface area contributed by atoms with Crippen molar-refractivity contribution in [3.05, 3.63) is 23.0 Å².